The molecular weight excluding hydrogens is 448 g/mol. The molecule has 2 aromatic carbocycles. The van der Waals surface area contributed by atoms with Crippen LogP contribution in [0.3, 0.4) is 0 Å². The van der Waals surface area contributed by atoms with Crippen LogP contribution in [0.15, 0.2) is 24.3 Å². The largest absolute Gasteiger partial charge is 0.203 e. The van der Waals surface area contributed by atoms with Crippen LogP contribution in [0.1, 0.15) is 112 Å². The van der Waals surface area contributed by atoms with E-state index < -0.39 is 23.3 Å². The van der Waals surface area contributed by atoms with E-state index >= 15 is 0 Å². The van der Waals surface area contributed by atoms with Crippen molar-refractivity contribution in [3.63, 3.8) is 0 Å². The minimum atomic E-state index is -0.842. The zero-order valence-corrected chi connectivity index (χ0v) is 20.9. The Morgan fingerprint density at radius 1 is 0.686 bits per heavy atom. The molecule has 2 aliphatic rings. The molecule has 0 aliphatic heterocycles. The molecular formula is C31H36F4. The van der Waals surface area contributed by atoms with Crippen molar-refractivity contribution >= 4 is 0 Å². The van der Waals surface area contributed by atoms with Crippen molar-refractivity contribution in [2.45, 2.75) is 96.3 Å². The van der Waals surface area contributed by atoms with Gasteiger partial charge in [-0.2, -0.15) is 0 Å². The quantitative estimate of drug-likeness (QED) is 0.293. The SMILES string of the molecule is CCCc1ccc(C2CCC(C#Cc3ccc(C4CCC(CC)CC4)c(F)c3F)CC2)c(F)c1F. The monoisotopic (exact) mass is 484 g/mol. The van der Waals surface area contributed by atoms with Gasteiger partial charge in [0.25, 0.3) is 0 Å². The highest BCUT2D eigenvalue weighted by Gasteiger charge is 2.27. The topological polar surface area (TPSA) is 0 Å². The summed E-state index contributed by atoms with van der Waals surface area (Å²) < 4.78 is 58.7. The van der Waals surface area contributed by atoms with Crippen LogP contribution in [0.25, 0.3) is 0 Å². The molecule has 0 aromatic heterocycles. The van der Waals surface area contributed by atoms with Gasteiger partial charge < -0.3 is 0 Å². The average Bonchev–Trinajstić information content (AvgIpc) is 2.88. The Bertz CT molecular complexity index is 1080. The third kappa shape index (κ3) is 5.76. The van der Waals surface area contributed by atoms with E-state index in [9.17, 15) is 17.6 Å². The van der Waals surface area contributed by atoms with Crippen LogP contribution < -0.4 is 0 Å². The normalized spacial score (nSPS) is 24.6. The first kappa shape index (κ1) is 25.8. The van der Waals surface area contributed by atoms with Gasteiger partial charge in [0.1, 0.15) is 0 Å². The van der Waals surface area contributed by atoms with Crippen LogP contribution in [0, 0.1) is 46.9 Å². The fraction of sp³-hybridized carbons (Fsp3) is 0.548. The second-order valence-electron chi connectivity index (χ2n) is 10.5. The Kier molecular flexibility index (Phi) is 8.58. The third-order valence-corrected chi connectivity index (χ3v) is 8.27. The Labute approximate surface area is 207 Å². The van der Waals surface area contributed by atoms with Crippen molar-refractivity contribution < 1.29 is 17.6 Å². The van der Waals surface area contributed by atoms with Gasteiger partial charge in [0.15, 0.2) is 23.3 Å². The van der Waals surface area contributed by atoms with Gasteiger partial charge in [-0.15, -0.1) is 0 Å². The maximum absolute atomic E-state index is 14.9. The first-order chi connectivity index (χ1) is 16.9. The van der Waals surface area contributed by atoms with Gasteiger partial charge in [-0.05, 0) is 98.3 Å². The molecule has 188 valence electrons. The summed E-state index contributed by atoms with van der Waals surface area (Å²) in [7, 11) is 0. The van der Waals surface area contributed by atoms with E-state index in [1.165, 1.54) is 0 Å². The molecule has 2 aliphatic carbocycles. The van der Waals surface area contributed by atoms with Crippen LogP contribution in [-0.4, -0.2) is 0 Å². The summed E-state index contributed by atoms with van der Waals surface area (Å²) in [5, 5.41) is 0. The van der Waals surface area contributed by atoms with Gasteiger partial charge >= 0.3 is 0 Å². The minimum absolute atomic E-state index is 0.0329. The minimum Gasteiger partial charge on any atom is -0.203 e. The standard InChI is InChI=1S/C31H36F4/c1-3-5-24-16-18-26(30(34)28(24)32)23-13-8-21(9-14-23)10-15-25-17-19-27(31(35)29(25)33)22-11-6-20(4-2)7-12-22/h16-23H,3-9,11-14H2,1-2H3. The Balaban J connectivity index is 1.39. The molecule has 35 heavy (non-hydrogen) atoms. The number of halogens is 4. The Morgan fingerprint density at radius 2 is 1.26 bits per heavy atom. The number of hydrogen-bond donors (Lipinski definition) is 0. The van der Waals surface area contributed by atoms with Crippen molar-refractivity contribution in [2.75, 3.05) is 0 Å². The molecule has 0 radical (unpaired) electrons. The molecule has 0 heterocycles. The molecule has 4 heteroatoms. The summed E-state index contributed by atoms with van der Waals surface area (Å²) in [5.74, 6) is 3.77. The fourth-order valence-electron chi connectivity index (χ4n) is 5.97. The van der Waals surface area contributed by atoms with E-state index in [4.69, 9.17) is 0 Å². The first-order valence-corrected chi connectivity index (χ1v) is 13.4. The highest BCUT2D eigenvalue weighted by molar-refractivity contribution is 5.40. The molecule has 2 fully saturated rings. The predicted octanol–water partition coefficient (Wildman–Crippen LogP) is 9.20. The zero-order valence-electron chi connectivity index (χ0n) is 20.9. The molecule has 0 atom stereocenters. The van der Waals surface area contributed by atoms with Gasteiger partial charge in [-0.1, -0.05) is 56.7 Å². The van der Waals surface area contributed by atoms with Gasteiger partial charge in [0.05, 0.1) is 5.56 Å². The van der Waals surface area contributed by atoms with Crippen molar-refractivity contribution in [1.29, 1.82) is 0 Å². The van der Waals surface area contributed by atoms with Crippen molar-refractivity contribution in [3.8, 4) is 11.8 Å². The number of hydrogen-bond acceptors (Lipinski definition) is 0. The van der Waals surface area contributed by atoms with Crippen molar-refractivity contribution in [1.82, 2.24) is 0 Å². The van der Waals surface area contributed by atoms with Crippen LogP contribution in [0.4, 0.5) is 17.6 Å². The van der Waals surface area contributed by atoms with E-state index in [0.717, 1.165) is 51.4 Å². The number of benzene rings is 2. The fourth-order valence-corrected chi connectivity index (χ4v) is 5.97. The lowest BCUT2D eigenvalue weighted by Gasteiger charge is -2.28. The second-order valence-corrected chi connectivity index (χ2v) is 10.5. The summed E-state index contributed by atoms with van der Waals surface area (Å²) in [6.45, 7) is 4.13. The van der Waals surface area contributed by atoms with Crippen LogP contribution in [0.5, 0.6) is 0 Å². The summed E-state index contributed by atoms with van der Waals surface area (Å²) >= 11 is 0. The smallest absolute Gasteiger partial charge is 0.174 e. The average molecular weight is 485 g/mol. The molecule has 0 spiro atoms. The van der Waals surface area contributed by atoms with Crippen LogP contribution in [-0.2, 0) is 6.42 Å². The molecule has 0 saturated heterocycles. The van der Waals surface area contributed by atoms with E-state index in [1.54, 1.807) is 24.3 Å². The molecule has 0 unspecified atom stereocenters. The number of aryl methyl sites for hydroxylation is 1. The molecule has 0 bridgehead atoms. The van der Waals surface area contributed by atoms with Gasteiger partial charge in [-0.3, -0.25) is 0 Å². The van der Waals surface area contributed by atoms with Gasteiger partial charge in [0, 0.05) is 5.92 Å². The van der Waals surface area contributed by atoms with E-state index in [0.29, 0.717) is 41.9 Å². The summed E-state index contributed by atoms with van der Waals surface area (Å²) in [4.78, 5) is 0. The van der Waals surface area contributed by atoms with E-state index in [-0.39, 0.29) is 23.3 Å². The summed E-state index contributed by atoms with van der Waals surface area (Å²) in [5.41, 5.74) is 1.48. The van der Waals surface area contributed by atoms with E-state index in [2.05, 4.69) is 18.8 Å². The molecule has 2 aromatic rings. The first-order valence-electron chi connectivity index (χ1n) is 13.4. The maximum Gasteiger partial charge on any atom is 0.174 e. The van der Waals surface area contributed by atoms with Gasteiger partial charge in [-0.25, -0.2) is 17.6 Å². The molecule has 4 rings (SSSR count). The van der Waals surface area contributed by atoms with E-state index in [1.807, 2.05) is 6.92 Å². The Hall–Kier alpha value is -2.28. The van der Waals surface area contributed by atoms with Crippen LogP contribution >= 0.6 is 0 Å². The molecule has 0 nitrogen and oxygen atoms in total. The van der Waals surface area contributed by atoms with Gasteiger partial charge in [0.2, 0.25) is 0 Å². The predicted molar refractivity (Wildman–Crippen MR) is 133 cm³/mol. The molecule has 0 N–H and O–H groups in total. The summed E-state index contributed by atoms with van der Waals surface area (Å²) in [6.07, 6.45) is 9.31. The summed E-state index contributed by atoms with van der Waals surface area (Å²) in [6, 6.07) is 6.78. The highest BCUT2D eigenvalue weighted by atomic mass is 19.2. The number of rotatable bonds is 5. The lowest BCUT2D eigenvalue weighted by Crippen LogP contribution is -2.15. The molecule has 0 amide bonds. The van der Waals surface area contributed by atoms with Crippen LogP contribution in [0.2, 0.25) is 0 Å². The maximum atomic E-state index is 14.9. The third-order valence-electron chi connectivity index (χ3n) is 8.27. The second kappa shape index (κ2) is 11.6. The Morgan fingerprint density at radius 3 is 1.86 bits per heavy atom. The zero-order chi connectivity index (χ0) is 24.9. The molecule has 2 saturated carbocycles. The lowest BCUT2D eigenvalue weighted by atomic mass is 9.77. The highest BCUT2D eigenvalue weighted by Crippen LogP contribution is 2.39. The van der Waals surface area contributed by atoms with Crippen molar-refractivity contribution in [2.24, 2.45) is 11.8 Å². The lowest BCUT2D eigenvalue weighted by molar-refractivity contribution is 0.312. The van der Waals surface area contributed by atoms with Crippen molar-refractivity contribution in [3.05, 3.63) is 69.8 Å².